The summed E-state index contributed by atoms with van der Waals surface area (Å²) in [5.41, 5.74) is 5.93. The van der Waals surface area contributed by atoms with Crippen molar-refractivity contribution < 1.29 is 9.59 Å². The van der Waals surface area contributed by atoms with Crippen molar-refractivity contribution in [1.29, 1.82) is 0 Å². The quantitative estimate of drug-likeness (QED) is 0.611. The van der Waals surface area contributed by atoms with Crippen molar-refractivity contribution >= 4 is 11.9 Å². The van der Waals surface area contributed by atoms with E-state index in [1.54, 1.807) is 6.08 Å². The highest BCUT2D eigenvalue weighted by Crippen LogP contribution is 2.22. The van der Waals surface area contributed by atoms with Crippen LogP contribution in [0.1, 0.15) is 39.0 Å². The molecule has 21 heavy (non-hydrogen) atoms. The summed E-state index contributed by atoms with van der Waals surface area (Å²) in [7, 11) is 0. The van der Waals surface area contributed by atoms with E-state index in [0.717, 1.165) is 38.6 Å². The van der Waals surface area contributed by atoms with Crippen LogP contribution >= 0.6 is 0 Å². The van der Waals surface area contributed by atoms with Gasteiger partial charge < -0.3 is 11.1 Å². The number of hydrogen-bond donors (Lipinski definition) is 3. The molecule has 0 bridgehead atoms. The van der Waals surface area contributed by atoms with Crippen molar-refractivity contribution in [1.82, 2.24) is 15.5 Å². The van der Waals surface area contributed by atoms with E-state index in [1.165, 1.54) is 0 Å². The number of imide groups is 1. The average Bonchev–Trinajstić information content (AvgIpc) is 2.45. The van der Waals surface area contributed by atoms with Crippen LogP contribution in [-0.4, -0.2) is 48.6 Å². The zero-order valence-corrected chi connectivity index (χ0v) is 12.9. The molecule has 0 aromatic heterocycles. The van der Waals surface area contributed by atoms with Crippen LogP contribution in [0.5, 0.6) is 0 Å². The molecule has 0 radical (unpaired) electrons. The lowest BCUT2D eigenvalue weighted by Crippen LogP contribution is -2.48. The molecule has 1 saturated carbocycles. The summed E-state index contributed by atoms with van der Waals surface area (Å²) < 4.78 is 0. The first-order valence-corrected chi connectivity index (χ1v) is 7.75. The van der Waals surface area contributed by atoms with E-state index in [4.69, 9.17) is 5.73 Å². The molecular formula is C15H28N4O2. The minimum absolute atomic E-state index is 0.259. The Labute approximate surface area is 127 Å². The molecule has 1 aliphatic carbocycles. The highest BCUT2D eigenvalue weighted by molar-refractivity contribution is 5.95. The predicted octanol–water partition coefficient (Wildman–Crippen LogP) is 0.980. The van der Waals surface area contributed by atoms with Gasteiger partial charge in [0.1, 0.15) is 0 Å². The van der Waals surface area contributed by atoms with E-state index in [9.17, 15) is 9.59 Å². The van der Waals surface area contributed by atoms with Crippen LogP contribution in [0, 0.1) is 0 Å². The summed E-state index contributed by atoms with van der Waals surface area (Å²) in [6, 6.07) is 0.219. The Bertz CT molecular complexity index is 352. The van der Waals surface area contributed by atoms with Gasteiger partial charge in [-0.05, 0) is 38.6 Å². The van der Waals surface area contributed by atoms with Crippen molar-refractivity contribution in [3.05, 3.63) is 12.7 Å². The van der Waals surface area contributed by atoms with Crippen LogP contribution in [-0.2, 0) is 4.79 Å². The highest BCUT2D eigenvalue weighted by atomic mass is 16.2. The number of hydrogen-bond acceptors (Lipinski definition) is 4. The summed E-state index contributed by atoms with van der Waals surface area (Å²) in [4.78, 5) is 25.6. The molecule has 0 atom stereocenters. The standard InChI is InChI=1S/C15H28N4O2/c1-3-9-17-15(21)18-14(20)11-19(10-4-2)13-7-5-12(16)6-8-13/h3,12-13H,1,4-11,16H2,2H3,(H2,17,18,20,21). The topological polar surface area (TPSA) is 87.5 Å². The Morgan fingerprint density at radius 3 is 2.57 bits per heavy atom. The molecule has 0 spiro atoms. The van der Waals surface area contributed by atoms with E-state index < -0.39 is 6.03 Å². The van der Waals surface area contributed by atoms with E-state index in [1.807, 2.05) is 0 Å². The molecule has 6 nitrogen and oxygen atoms in total. The van der Waals surface area contributed by atoms with Crippen LogP contribution in [0.3, 0.4) is 0 Å². The van der Waals surface area contributed by atoms with Crippen LogP contribution in [0.25, 0.3) is 0 Å². The molecule has 4 N–H and O–H groups in total. The summed E-state index contributed by atoms with van der Waals surface area (Å²) in [6.07, 6.45) is 6.62. The lowest BCUT2D eigenvalue weighted by atomic mass is 9.90. The van der Waals surface area contributed by atoms with Crippen LogP contribution in [0.15, 0.2) is 12.7 Å². The van der Waals surface area contributed by atoms with Gasteiger partial charge in [0.25, 0.3) is 0 Å². The second-order valence-corrected chi connectivity index (χ2v) is 5.59. The van der Waals surface area contributed by atoms with Gasteiger partial charge >= 0.3 is 6.03 Å². The molecule has 0 saturated heterocycles. The van der Waals surface area contributed by atoms with E-state index in [-0.39, 0.29) is 12.5 Å². The summed E-state index contributed by atoms with van der Waals surface area (Å²) in [5.74, 6) is -0.264. The second kappa shape index (κ2) is 9.52. The number of carbonyl (C=O) groups is 2. The Morgan fingerprint density at radius 1 is 1.33 bits per heavy atom. The SMILES string of the molecule is C=CCNC(=O)NC(=O)CN(CCC)C1CCC(N)CC1. The molecular weight excluding hydrogens is 268 g/mol. The van der Waals surface area contributed by atoms with Gasteiger partial charge in [-0.3, -0.25) is 15.0 Å². The van der Waals surface area contributed by atoms with Gasteiger partial charge in [0, 0.05) is 18.6 Å². The van der Waals surface area contributed by atoms with Crippen molar-refractivity contribution in [3.63, 3.8) is 0 Å². The van der Waals surface area contributed by atoms with Crippen molar-refractivity contribution in [2.75, 3.05) is 19.6 Å². The number of urea groups is 1. The Kier molecular flexibility index (Phi) is 8.00. The number of rotatable bonds is 7. The lowest BCUT2D eigenvalue weighted by Gasteiger charge is -2.35. The van der Waals surface area contributed by atoms with Gasteiger partial charge in [0.05, 0.1) is 6.54 Å². The molecule has 0 heterocycles. The first-order valence-electron chi connectivity index (χ1n) is 7.75. The Balaban J connectivity index is 2.43. The largest absolute Gasteiger partial charge is 0.334 e. The molecule has 3 amide bonds. The molecule has 1 aliphatic rings. The zero-order valence-electron chi connectivity index (χ0n) is 12.9. The van der Waals surface area contributed by atoms with Gasteiger partial charge in [-0.15, -0.1) is 6.58 Å². The maximum atomic E-state index is 11.9. The lowest BCUT2D eigenvalue weighted by molar-refractivity contribution is -0.121. The number of nitrogens with one attached hydrogen (secondary N) is 2. The van der Waals surface area contributed by atoms with Gasteiger partial charge in [-0.2, -0.15) is 0 Å². The zero-order chi connectivity index (χ0) is 15.7. The molecule has 0 aromatic carbocycles. The summed E-state index contributed by atoms with van der Waals surface area (Å²) in [6.45, 7) is 7.07. The van der Waals surface area contributed by atoms with Crippen LogP contribution in [0.4, 0.5) is 4.79 Å². The second-order valence-electron chi connectivity index (χ2n) is 5.59. The maximum absolute atomic E-state index is 11.9. The summed E-state index contributed by atoms with van der Waals surface area (Å²) in [5, 5.41) is 4.88. The smallest absolute Gasteiger partial charge is 0.321 e. The van der Waals surface area contributed by atoms with Crippen LogP contribution < -0.4 is 16.4 Å². The minimum atomic E-state index is -0.470. The third-order valence-corrected chi connectivity index (χ3v) is 3.78. The maximum Gasteiger partial charge on any atom is 0.321 e. The first-order chi connectivity index (χ1) is 10.1. The summed E-state index contributed by atoms with van der Waals surface area (Å²) >= 11 is 0. The fourth-order valence-electron chi connectivity index (χ4n) is 2.70. The normalized spacial score (nSPS) is 21.9. The molecule has 6 heteroatoms. The monoisotopic (exact) mass is 296 g/mol. The van der Waals surface area contributed by atoms with Gasteiger partial charge in [0.15, 0.2) is 0 Å². The molecule has 0 aromatic rings. The van der Waals surface area contributed by atoms with Gasteiger partial charge in [-0.1, -0.05) is 13.0 Å². The predicted molar refractivity (Wildman–Crippen MR) is 83.8 cm³/mol. The van der Waals surface area contributed by atoms with Crippen molar-refractivity contribution in [2.24, 2.45) is 5.73 Å². The van der Waals surface area contributed by atoms with Gasteiger partial charge in [-0.25, -0.2) is 4.79 Å². The average molecular weight is 296 g/mol. The molecule has 1 rings (SSSR count). The van der Waals surface area contributed by atoms with Gasteiger partial charge in [0.2, 0.25) is 5.91 Å². The first kappa shape index (κ1) is 17.7. The van der Waals surface area contributed by atoms with E-state index >= 15 is 0 Å². The third kappa shape index (κ3) is 6.73. The number of nitrogens with two attached hydrogens (primary N) is 1. The molecule has 0 aliphatic heterocycles. The van der Waals surface area contributed by atoms with Crippen LogP contribution in [0.2, 0.25) is 0 Å². The Hall–Kier alpha value is -1.40. The highest BCUT2D eigenvalue weighted by Gasteiger charge is 2.25. The number of carbonyl (C=O) groups excluding carboxylic acids is 2. The third-order valence-electron chi connectivity index (χ3n) is 3.78. The Morgan fingerprint density at radius 2 is 2.00 bits per heavy atom. The number of nitrogens with zero attached hydrogens (tertiary/aromatic N) is 1. The van der Waals surface area contributed by atoms with Crippen molar-refractivity contribution in [2.45, 2.75) is 51.1 Å². The molecule has 0 unspecified atom stereocenters. The fourth-order valence-corrected chi connectivity index (χ4v) is 2.70. The number of amides is 3. The molecule has 120 valence electrons. The fraction of sp³-hybridized carbons (Fsp3) is 0.733. The van der Waals surface area contributed by atoms with E-state index in [0.29, 0.717) is 18.6 Å². The molecule has 1 fully saturated rings. The van der Waals surface area contributed by atoms with Crippen molar-refractivity contribution in [3.8, 4) is 0 Å². The van der Waals surface area contributed by atoms with E-state index in [2.05, 4.69) is 29.0 Å². The minimum Gasteiger partial charge on any atom is -0.334 e.